The van der Waals surface area contributed by atoms with Crippen molar-refractivity contribution < 1.29 is 19.1 Å². The molecule has 0 bridgehead atoms. The smallest absolute Gasteiger partial charge is 0.336 e. The van der Waals surface area contributed by atoms with Crippen LogP contribution in [0.5, 0.6) is 0 Å². The molecule has 5 rings (SSSR count). The fourth-order valence-electron chi connectivity index (χ4n) is 6.63. The lowest BCUT2D eigenvalue weighted by atomic mass is 9.68. The lowest BCUT2D eigenvalue weighted by molar-refractivity contribution is -0.139. The van der Waals surface area contributed by atoms with Crippen molar-refractivity contribution in [2.24, 2.45) is 11.3 Å². The summed E-state index contributed by atoms with van der Waals surface area (Å²) in [7, 11) is 0. The fraction of sp³-hybridized carbons (Fsp3) is 0.457. The van der Waals surface area contributed by atoms with E-state index in [0.29, 0.717) is 36.5 Å². The topological polar surface area (TPSA) is 75.7 Å². The number of allylic oxidation sites excluding steroid dienone is 3. The van der Waals surface area contributed by atoms with Crippen LogP contribution in [0.3, 0.4) is 0 Å². The summed E-state index contributed by atoms with van der Waals surface area (Å²) >= 11 is 0. The average Bonchev–Trinajstić information content (AvgIpc) is 2.96. The monoisotopic (exact) mass is 554 g/mol. The molecule has 1 N–H and O–H groups in total. The number of hydrogen-bond acceptors (Lipinski definition) is 5. The van der Waals surface area contributed by atoms with Gasteiger partial charge in [0.2, 0.25) is 5.91 Å². The van der Waals surface area contributed by atoms with Gasteiger partial charge in [0.25, 0.3) is 0 Å². The number of Topliss-reactive ketones (excluding diaryl/α,β-unsaturated/α-hetero) is 1. The zero-order chi connectivity index (χ0) is 29.1. The molecule has 1 amide bonds. The predicted molar refractivity (Wildman–Crippen MR) is 161 cm³/mol. The first-order chi connectivity index (χ1) is 19.7. The van der Waals surface area contributed by atoms with Crippen molar-refractivity contribution in [2.45, 2.75) is 72.1 Å². The second-order valence-electron chi connectivity index (χ2n) is 12.5. The van der Waals surface area contributed by atoms with Crippen LogP contribution < -0.4 is 5.32 Å². The summed E-state index contributed by atoms with van der Waals surface area (Å²) in [5.41, 5.74) is 6.04. The van der Waals surface area contributed by atoms with Crippen LogP contribution in [0.2, 0.25) is 0 Å². The van der Waals surface area contributed by atoms with Crippen molar-refractivity contribution in [2.75, 3.05) is 19.7 Å². The third kappa shape index (κ3) is 6.32. The van der Waals surface area contributed by atoms with E-state index in [1.54, 1.807) is 6.92 Å². The van der Waals surface area contributed by atoms with E-state index < -0.39 is 5.92 Å². The van der Waals surface area contributed by atoms with Crippen LogP contribution in [-0.4, -0.2) is 42.3 Å². The Labute approximate surface area is 243 Å². The first-order valence-corrected chi connectivity index (χ1v) is 15.0. The van der Waals surface area contributed by atoms with E-state index in [1.165, 1.54) is 0 Å². The van der Waals surface area contributed by atoms with E-state index in [9.17, 15) is 14.4 Å². The van der Waals surface area contributed by atoms with Crippen molar-refractivity contribution in [3.8, 4) is 11.1 Å². The van der Waals surface area contributed by atoms with Crippen LogP contribution >= 0.6 is 0 Å². The molecule has 3 aliphatic rings. The Hall–Kier alpha value is -3.67. The van der Waals surface area contributed by atoms with Gasteiger partial charge in [-0.15, -0.1) is 0 Å². The number of amides is 1. The van der Waals surface area contributed by atoms with Crippen LogP contribution in [0.1, 0.15) is 77.7 Å². The van der Waals surface area contributed by atoms with Gasteiger partial charge in [-0.1, -0.05) is 75.4 Å². The number of piperidine rings is 1. The van der Waals surface area contributed by atoms with Gasteiger partial charge in [0.05, 0.1) is 12.2 Å². The molecule has 1 aliphatic carbocycles. The molecule has 6 nitrogen and oxygen atoms in total. The minimum atomic E-state index is -0.457. The van der Waals surface area contributed by atoms with Gasteiger partial charge in [0.1, 0.15) is 0 Å². The molecule has 1 fully saturated rings. The Morgan fingerprint density at radius 2 is 1.63 bits per heavy atom. The molecule has 2 aromatic rings. The maximum atomic E-state index is 13.8. The summed E-state index contributed by atoms with van der Waals surface area (Å²) in [5.74, 6) is -0.160. The van der Waals surface area contributed by atoms with E-state index in [1.807, 2.05) is 30.0 Å². The lowest BCUT2D eigenvalue weighted by Gasteiger charge is -2.40. The molecule has 0 spiro atoms. The number of nitrogens with zero attached hydrogens (tertiary/aromatic N) is 1. The molecule has 2 aliphatic heterocycles. The fourth-order valence-corrected chi connectivity index (χ4v) is 6.63. The van der Waals surface area contributed by atoms with Crippen molar-refractivity contribution in [1.82, 2.24) is 10.2 Å². The molecule has 0 radical (unpaired) electrons. The number of carbonyl (C=O) groups excluding carboxylic acids is 3. The highest BCUT2D eigenvalue weighted by atomic mass is 16.5. The first-order valence-electron chi connectivity index (χ1n) is 15.0. The number of ketones is 1. The van der Waals surface area contributed by atoms with Crippen LogP contribution in [-0.2, 0) is 19.1 Å². The van der Waals surface area contributed by atoms with Crippen LogP contribution in [0.4, 0.5) is 0 Å². The van der Waals surface area contributed by atoms with Gasteiger partial charge in [-0.3, -0.25) is 9.59 Å². The number of benzene rings is 2. The molecular weight excluding hydrogens is 512 g/mol. The van der Waals surface area contributed by atoms with Crippen molar-refractivity contribution in [3.05, 3.63) is 82.7 Å². The summed E-state index contributed by atoms with van der Waals surface area (Å²) in [6, 6.07) is 18.5. The minimum absolute atomic E-state index is 0.0959. The second kappa shape index (κ2) is 12.1. The maximum Gasteiger partial charge on any atom is 0.336 e. The minimum Gasteiger partial charge on any atom is -0.462 e. The van der Waals surface area contributed by atoms with E-state index in [4.69, 9.17) is 4.74 Å². The third-order valence-electron chi connectivity index (χ3n) is 8.87. The molecule has 1 unspecified atom stereocenters. The number of hydrogen-bond donors (Lipinski definition) is 1. The Morgan fingerprint density at radius 1 is 0.976 bits per heavy atom. The molecule has 41 heavy (non-hydrogen) atoms. The first kappa shape index (κ1) is 28.8. The number of rotatable bonds is 7. The van der Waals surface area contributed by atoms with Gasteiger partial charge in [0, 0.05) is 49.3 Å². The summed E-state index contributed by atoms with van der Waals surface area (Å²) in [4.78, 5) is 41.0. The Balaban J connectivity index is 1.41. The molecule has 2 heterocycles. The van der Waals surface area contributed by atoms with Gasteiger partial charge < -0.3 is 15.0 Å². The highest BCUT2D eigenvalue weighted by molar-refractivity contribution is 6.04. The number of dihydropyridines is 1. The molecule has 2 aromatic carbocycles. The molecular formula is C35H42N2O4. The molecule has 0 saturated carbocycles. The molecule has 1 saturated heterocycles. The number of nitrogens with one attached hydrogen (secondary N) is 1. The van der Waals surface area contributed by atoms with Gasteiger partial charge in [-0.05, 0) is 60.1 Å². The highest BCUT2D eigenvalue weighted by Crippen LogP contribution is 2.47. The molecule has 0 aromatic heterocycles. The van der Waals surface area contributed by atoms with Gasteiger partial charge in [-0.25, -0.2) is 4.79 Å². The molecule has 216 valence electrons. The Kier molecular flexibility index (Phi) is 8.48. The van der Waals surface area contributed by atoms with Crippen molar-refractivity contribution >= 4 is 17.7 Å². The SMILES string of the molecule is CCC1=C(C(=O)OCCC2CCN(C(C)=O)CC2)C(c2ccc(-c3ccccc3)cc2)C2=C(CC(C)(C)CC2=O)N1. The van der Waals surface area contributed by atoms with Gasteiger partial charge in [0.15, 0.2) is 5.78 Å². The predicted octanol–water partition coefficient (Wildman–Crippen LogP) is 6.54. The zero-order valence-corrected chi connectivity index (χ0v) is 24.8. The highest BCUT2D eigenvalue weighted by Gasteiger charge is 2.43. The summed E-state index contributed by atoms with van der Waals surface area (Å²) in [6.07, 6.45) is 4.48. The van der Waals surface area contributed by atoms with E-state index >= 15 is 0 Å². The summed E-state index contributed by atoms with van der Waals surface area (Å²) < 4.78 is 5.94. The van der Waals surface area contributed by atoms with Crippen LogP contribution in [0.25, 0.3) is 11.1 Å². The van der Waals surface area contributed by atoms with Crippen molar-refractivity contribution in [3.63, 3.8) is 0 Å². The van der Waals surface area contributed by atoms with Gasteiger partial charge >= 0.3 is 5.97 Å². The Bertz CT molecular complexity index is 1360. The van der Waals surface area contributed by atoms with Crippen LogP contribution in [0.15, 0.2) is 77.1 Å². The quantitative estimate of drug-likeness (QED) is 0.394. The molecule has 1 atom stereocenters. The molecule has 6 heteroatoms. The zero-order valence-electron chi connectivity index (χ0n) is 24.8. The summed E-state index contributed by atoms with van der Waals surface area (Å²) in [5, 5.41) is 3.51. The number of carbonyl (C=O) groups is 3. The van der Waals surface area contributed by atoms with E-state index in [2.05, 4.69) is 55.6 Å². The Morgan fingerprint density at radius 3 is 2.27 bits per heavy atom. The van der Waals surface area contributed by atoms with Crippen molar-refractivity contribution in [1.29, 1.82) is 0 Å². The van der Waals surface area contributed by atoms with E-state index in [0.717, 1.165) is 66.9 Å². The normalized spacial score (nSPS) is 20.9. The average molecular weight is 555 g/mol. The van der Waals surface area contributed by atoms with E-state index in [-0.39, 0.29) is 23.1 Å². The number of ether oxygens (including phenoxy) is 1. The third-order valence-corrected chi connectivity index (χ3v) is 8.87. The largest absolute Gasteiger partial charge is 0.462 e. The van der Waals surface area contributed by atoms with Gasteiger partial charge in [-0.2, -0.15) is 0 Å². The number of likely N-dealkylation sites (tertiary alicyclic amines) is 1. The maximum absolute atomic E-state index is 13.8. The standard InChI is InChI=1S/C35H42N2O4/c1-5-28-33(34(40)41-20-17-24-15-18-37(19-16-24)23(2)38)31(32-29(36-28)21-35(3,4)22-30(32)39)27-13-11-26(12-14-27)25-9-7-6-8-10-25/h6-14,24,31,36H,5,15-22H2,1-4H3. The second-order valence-corrected chi connectivity index (χ2v) is 12.5. The number of esters is 1. The van der Waals surface area contributed by atoms with Crippen LogP contribution in [0, 0.1) is 11.3 Å². The summed E-state index contributed by atoms with van der Waals surface area (Å²) in [6.45, 7) is 9.76. The lowest BCUT2D eigenvalue weighted by Crippen LogP contribution is -2.39.